The number of primary amides is 1. The molecular formula is C33H40F2N2O5S. The van der Waals surface area contributed by atoms with Crippen LogP contribution in [0, 0.1) is 11.8 Å². The first-order chi connectivity index (χ1) is 20.5. The highest BCUT2D eigenvalue weighted by molar-refractivity contribution is 7.92. The summed E-state index contributed by atoms with van der Waals surface area (Å²) in [7, 11) is -4.37. The zero-order chi connectivity index (χ0) is 30.9. The lowest BCUT2D eigenvalue weighted by Crippen LogP contribution is -2.59. The second-order valence-electron chi connectivity index (χ2n) is 12.1. The topological polar surface area (TPSA) is 110 Å². The number of amides is 1. The second-order valence-corrected chi connectivity index (χ2v) is 14.5. The summed E-state index contributed by atoms with van der Waals surface area (Å²) in [6.07, 6.45) is 1.48. The molecule has 0 bridgehead atoms. The maximum Gasteiger partial charge on any atom is 0.255 e. The van der Waals surface area contributed by atoms with Gasteiger partial charge in [0.15, 0.2) is 9.84 Å². The number of alkyl halides is 2. The van der Waals surface area contributed by atoms with Crippen LogP contribution in [-0.2, 0) is 21.7 Å². The summed E-state index contributed by atoms with van der Waals surface area (Å²) in [5, 5.41) is 7.60. The van der Waals surface area contributed by atoms with Gasteiger partial charge in [-0.05, 0) is 79.7 Å². The highest BCUT2D eigenvalue weighted by atomic mass is 32.2. The number of aliphatic hydroxyl groups is 1. The normalized spacial score (nSPS) is 26.3. The van der Waals surface area contributed by atoms with Gasteiger partial charge in [0.05, 0.1) is 22.5 Å². The molecule has 2 aromatic rings. The Morgan fingerprint density at radius 2 is 1.95 bits per heavy atom. The van der Waals surface area contributed by atoms with E-state index in [4.69, 9.17) is 10.5 Å². The number of hydrogen-bond acceptors (Lipinski definition) is 6. The van der Waals surface area contributed by atoms with E-state index in [1.54, 1.807) is 18.2 Å². The Kier molecular flexibility index (Phi) is 9.00. The molecule has 0 radical (unpaired) electrons. The second kappa shape index (κ2) is 12.4. The quantitative estimate of drug-likeness (QED) is 0.351. The lowest BCUT2D eigenvalue weighted by Gasteiger charge is -2.48. The van der Waals surface area contributed by atoms with E-state index in [2.05, 4.69) is 13.2 Å². The molecule has 2 aromatic carbocycles. The van der Waals surface area contributed by atoms with Crippen molar-refractivity contribution >= 4 is 21.4 Å². The van der Waals surface area contributed by atoms with Crippen molar-refractivity contribution in [2.24, 2.45) is 17.6 Å². The predicted molar refractivity (Wildman–Crippen MR) is 163 cm³/mol. The van der Waals surface area contributed by atoms with Gasteiger partial charge in [0, 0.05) is 18.7 Å². The van der Waals surface area contributed by atoms with Crippen molar-refractivity contribution in [1.29, 1.82) is 0 Å². The minimum absolute atomic E-state index is 0.0271. The molecule has 7 nitrogen and oxygen atoms in total. The molecule has 1 saturated carbocycles. The van der Waals surface area contributed by atoms with Crippen molar-refractivity contribution in [1.82, 2.24) is 0 Å². The van der Waals surface area contributed by atoms with Crippen LogP contribution in [0.1, 0.15) is 53.6 Å². The maximum absolute atomic E-state index is 14.5. The fourth-order valence-electron chi connectivity index (χ4n) is 7.33. The summed E-state index contributed by atoms with van der Waals surface area (Å²) in [5.74, 6) is -0.127. The lowest BCUT2D eigenvalue weighted by atomic mass is 9.68. The van der Waals surface area contributed by atoms with Crippen LogP contribution in [0.3, 0.4) is 0 Å². The zero-order valence-electron chi connectivity index (χ0n) is 24.2. The van der Waals surface area contributed by atoms with Crippen LogP contribution >= 0.6 is 0 Å². The molecule has 10 heteroatoms. The van der Waals surface area contributed by atoms with E-state index in [1.165, 1.54) is 12.2 Å². The van der Waals surface area contributed by atoms with Crippen LogP contribution in [0.25, 0.3) is 0 Å². The average Bonchev–Trinajstić information content (AvgIpc) is 3.12. The number of hydrogen-bond donors (Lipinski definition) is 2. The van der Waals surface area contributed by atoms with E-state index in [1.807, 2.05) is 29.2 Å². The maximum atomic E-state index is 14.5. The van der Waals surface area contributed by atoms with Crippen molar-refractivity contribution in [3.63, 3.8) is 0 Å². The summed E-state index contributed by atoms with van der Waals surface area (Å²) in [4.78, 5) is 14.2. The first-order valence-electron chi connectivity index (χ1n) is 14.9. The van der Waals surface area contributed by atoms with Crippen molar-refractivity contribution in [2.75, 3.05) is 24.6 Å². The van der Waals surface area contributed by atoms with Gasteiger partial charge in [-0.1, -0.05) is 36.4 Å². The number of fused-ring (bicyclic) bond motifs is 3. The SMILES string of the molecule is C=CCC[C@H](C(F)F)S(=O)(=O)C1CCc2ccccc2C12COc1ccc(C(N)=O)cc1N(C[C@@H]1CC[C@H]1[C@@H](O)C=C)C2. The Hall–Kier alpha value is -3.24. The van der Waals surface area contributed by atoms with Crippen LogP contribution < -0.4 is 15.4 Å². The molecule has 1 aliphatic heterocycles. The van der Waals surface area contributed by atoms with Gasteiger partial charge in [-0.2, -0.15) is 0 Å². The number of anilines is 1. The lowest BCUT2D eigenvalue weighted by molar-refractivity contribution is 0.0460. The number of allylic oxidation sites excluding steroid dienone is 1. The molecule has 0 saturated heterocycles. The molecule has 0 aromatic heterocycles. The third kappa shape index (κ3) is 5.71. The third-order valence-corrected chi connectivity index (χ3v) is 12.5. The van der Waals surface area contributed by atoms with Gasteiger partial charge in [0.2, 0.25) is 5.91 Å². The number of aliphatic hydroxyl groups excluding tert-OH is 1. The van der Waals surface area contributed by atoms with E-state index in [0.29, 0.717) is 24.4 Å². The minimum Gasteiger partial charge on any atom is -0.490 e. The van der Waals surface area contributed by atoms with Crippen molar-refractivity contribution in [3.05, 3.63) is 84.5 Å². The van der Waals surface area contributed by atoms with Gasteiger partial charge < -0.3 is 20.5 Å². The first-order valence-corrected chi connectivity index (χ1v) is 16.5. The molecule has 1 spiro atoms. The number of carbonyl (C=O) groups excluding carboxylic acids is 1. The number of sulfone groups is 1. The Morgan fingerprint density at radius 3 is 2.60 bits per heavy atom. The summed E-state index contributed by atoms with van der Waals surface area (Å²) in [6, 6.07) is 12.5. The van der Waals surface area contributed by atoms with Crippen molar-refractivity contribution in [2.45, 2.75) is 67.0 Å². The standard InChI is InChI=1S/C33H40F2N2O5S/c1-3-5-10-29(31(34)35)43(40,41)30-16-13-21-8-6-7-9-25(21)33(30)19-37(18-23-11-14-24(23)27(38)4-2)26-17-22(32(36)39)12-15-28(26)42-20-33/h3-4,6-9,12,15,17,23-24,27,29-31,38H,1-2,5,10-11,13-14,16,18-20H2,(H2,36,39)/t23-,24+,27-,29+,30?,33?/m0/s1. The van der Waals surface area contributed by atoms with Gasteiger partial charge in [0.1, 0.15) is 17.6 Å². The van der Waals surface area contributed by atoms with Crippen LogP contribution in [0.4, 0.5) is 14.5 Å². The Labute approximate surface area is 252 Å². The number of rotatable bonds is 11. The molecule has 2 unspecified atom stereocenters. The molecule has 1 amide bonds. The van der Waals surface area contributed by atoms with E-state index >= 15 is 0 Å². The highest BCUT2D eigenvalue weighted by Crippen LogP contribution is 2.49. The molecule has 232 valence electrons. The molecule has 5 rings (SSSR count). The van der Waals surface area contributed by atoms with Gasteiger partial charge in [-0.15, -0.1) is 13.2 Å². The Balaban J connectivity index is 1.66. The van der Waals surface area contributed by atoms with Gasteiger partial charge >= 0.3 is 0 Å². The predicted octanol–water partition coefficient (Wildman–Crippen LogP) is 4.82. The van der Waals surface area contributed by atoms with Crippen LogP contribution in [-0.4, -0.2) is 62.2 Å². The number of halogens is 2. The fraction of sp³-hybridized carbons (Fsp3) is 0.485. The third-order valence-electron chi connectivity index (χ3n) is 9.75. The van der Waals surface area contributed by atoms with Gasteiger partial charge in [-0.25, -0.2) is 17.2 Å². The monoisotopic (exact) mass is 614 g/mol. The first kappa shape index (κ1) is 31.2. The summed E-state index contributed by atoms with van der Waals surface area (Å²) < 4.78 is 64.0. The number of ether oxygens (including phenoxy) is 1. The van der Waals surface area contributed by atoms with Crippen molar-refractivity contribution in [3.8, 4) is 5.75 Å². The molecule has 2 aliphatic carbocycles. The summed E-state index contributed by atoms with van der Waals surface area (Å²) in [5.41, 5.74) is 7.04. The number of aryl methyl sites for hydroxylation is 1. The Morgan fingerprint density at radius 1 is 1.19 bits per heavy atom. The summed E-state index contributed by atoms with van der Waals surface area (Å²) >= 11 is 0. The van der Waals surface area contributed by atoms with E-state index in [-0.39, 0.29) is 49.8 Å². The molecule has 3 aliphatic rings. The number of carbonyl (C=O) groups is 1. The van der Waals surface area contributed by atoms with Gasteiger partial charge in [0.25, 0.3) is 6.43 Å². The van der Waals surface area contributed by atoms with Crippen LogP contribution in [0.5, 0.6) is 5.75 Å². The molecule has 3 N–H and O–H groups in total. The van der Waals surface area contributed by atoms with Gasteiger partial charge in [-0.3, -0.25) is 4.79 Å². The van der Waals surface area contributed by atoms with E-state index in [0.717, 1.165) is 24.0 Å². The van der Waals surface area contributed by atoms with Crippen LogP contribution in [0.15, 0.2) is 67.8 Å². The van der Waals surface area contributed by atoms with E-state index < -0.39 is 44.2 Å². The number of nitrogens with zero attached hydrogens (tertiary/aromatic N) is 1. The minimum atomic E-state index is -4.37. The Bertz CT molecular complexity index is 1480. The number of nitrogens with two attached hydrogens (primary N) is 1. The molecular weight excluding hydrogens is 574 g/mol. The fourth-order valence-corrected chi connectivity index (χ4v) is 9.85. The largest absolute Gasteiger partial charge is 0.490 e. The molecule has 1 fully saturated rings. The smallest absolute Gasteiger partial charge is 0.255 e. The average molecular weight is 615 g/mol. The molecule has 6 atom stereocenters. The summed E-state index contributed by atoms with van der Waals surface area (Å²) in [6.45, 7) is 7.90. The molecule has 43 heavy (non-hydrogen) atoms. The van der Waals surface area contributed by atoms with E-state index in [9.17, 15) is 27.1 Å². The van der Waals surface area contributed by atoms with Crippen LogP contribution in [0.2, 0.25) is 0 Å². The highest BCUT2D eigenvalue weighted by Gasteiger charge is 2.56. The van der Waals surface area contributed by atoms with Crippen molar-refractivity contribution < 1.29 is 31.8 Å². The zero-order valence-corrected chi connectivity index (χ0v) is 25.0. The number of benzene rings is 2. The molecule has 1 heterocycles.